The fraction of sp³-hybridized carbons (Fsp3) is 0.682. The van der Waals surface area contributed by atoms with Crippen molar-refractivity contribution in [3.8, 4) is 5.75 Å². The monoisotopic (exact) mass is 534 g/mol. The Labute approximate surface area is 197 Å². The second-order valence-corrected chi connectivity index (χ2v) is 7.88. The van der Waals surface area contributed by atoms with E-state index in [1.807, 2.05) is 19.9 Å². The van der Waals surface area contributed by atoms with Gasteiger partial charge >= 0.3 is 0 Å². The Morgan fingerprint density at radius 1 is 1.33 bits per heavy atom. The minimum atomic E-state index is -0.302. The molecule has 0 aromatic heterocycles. The van der Waals surface area contributed by atoms with Crippen LogP contribution in [0.1, 0.15) is 44.7 Å². The van der Waals surface area contributed by atoms with Crippen LogP contribution in [0.25, 0.3) is 0 Å². The summed E-state index contributed by atoms with van der Waals surface area (Å²) in [6.07, 6.45) is 3.39. The zero-order valence-electron chi connectivity index (χ0n) is 18.2. The van der Waals surface area contributed by atoms with E-state index in [-0.39, 0.29) is 35.8 Å². The molecule has 6 nitrogen and oxygen atoms in total. The van der Waals surface area contributed by atoms with Gasteiger partial charge in [-0.1, -0.05) is 6.07 Å². The maximum absolute atomic E-state index is 14.4. The van der Waals surface area contributed by atoms with Gasteiger partial charge in [-0.05, 0) is 56.7 Å². The molecule has 170 valence electrons. The van der Waals surface area contributed by atoms with Gasteiger partial charge in [0, 0.05) is 32.7 Å². The van der Waals surface area contributed by atoms with Gasteiger partial charge in [0.1, 0.15) is 0 Å². The number of morpholine rings is 1. The number of halogens is 2. The van der Waals surface area contributed by atoms with Crippen LogP contribution in [0.5, 0.6) is 5.75 Å². The fourth-order valence-electron chi connectivity index (χ4n) is 3.31. The smallest absolute Gasteiger partial charge is 0.191 e. The number of hydrogen-bond acceptors (Lipinski definition) is 4. The molecule has 2 N–H and O–H groups in total. The van der Waals surface area contributed by atoms with Gasteiger partial charge < -0.3 is 20.1 Å². The Morgan fingerprint density at radius 3 is 2.77 bits per heavy atom. The molecule has 1 aromatic rings. The largest absolute Gasteiger partial charge is 0.490 e. The maximum atomic E-state index is 14.4. The van der Waals surface area contributed by atoms with Crippen molar-refractivity contribution in [2.75, 3.05) is 52.5 Å². The first-order valence-corrected chi connectivity index (χ1v) is 10.9. The quantitative estimate of drug-likeness (QED) is 0.208. The molecular weight excluding hydrogens is 498 g/mol. The van der Waals surface area contributed by atoms with Crippen LogP contribution >= 0.6 is 24.0 Å². The highest BCUT2D eigenvalue weighted by Crippen LogP contribution is 2.30. The van der Waals surface area contributed by atoms with Crippen molar-refractivity contribution in [1.29, 1.82) is 0 Å². The molecule has 0 radical (unpaired) electrons. The summed E-state index contributed by atoms with van der Waals surface area (Å²) in [5.74, 6) is 1.41. The van der Waals surface area contributed by atoms with E-state index in [2.05, 4.69) is 20.5 Å². The summed E-state index contributed by atoms with van der Waals surface area (Å²) >= 11 is 0. The van der Waals surface area contributed by atoms with Crippen LogP contribution in [0, 0.1) is 11.7 Å². The van der Waals surface area contributed by atoms with E-state index in [0.29, 0.717) is 18.3 Å². The van der Waals surface area contributed by atoms with Gasteiger partial charge in [-0.15, -0.1) is 24.0 Å². The highest BCUT2D eigenvalue weighted by Gasteiger charge is 2.22. The normalized spacial score (nSPS) is 18.4. The van der Waals surface area contributed by atoms with E-state index in [9.17, 15) is 4.39 Å². The highest BCUT2D eigenvalue weighted by molar-refractivity contribution is 14.0. The Bertz CT molecular complexity index is 667. The second-order valence-electron chi connectivity index (χ2n) is 7.88. The van der Waals surface area contributed by atoms with E-state index >= 15 is 0 Å². The standard InChI is InChI=1S/C22H35FN4O2.HI/c1-3-24-22(25-9-4-10-27-11-13-28-14-12-27)26-17(2)19-7-8-21(20(23)15-19)29-16-18-5-6-18;/h7-8,15,17-18H,3-6,9-14,16H2,1-2H3,(H2,24,25,26);1H. The Balaban J connectivity index is 0.00000320. The van der Waals surface area contributed by atoms with Crippen molar-refractivity contribution >= 4 is 29.9 Å². The van der Waals surface area contributed by atoms with Gasteiger partial charge in [0.25, 0.3) is 0 Å². The topological polar surface area (TPSA) is 58.1 Å². The third-order valence-corrected chi connectivity index (χ3v) is 5.33. The van der Waals surface area contributed by atoms with Gasteiger partial charge in [-0.25, -0.2) is 4.39 Å². The lowest BCUT2D eigenvalue weighted by Crippen LogP contribution is -2.39. The van der Waals surface area contributed by atoms with Gasteiger partial charge in [-0.3, -0.25) is 9.89 Å². The zero-order chi connectivity index (χ0) is 20.5. The molecule has 1 heterocycles. The van der Waals surface area contributed by atoms with E-state index in [0.717, 1.165) is 63.9 Å². The second kappa shape index (κ2) is 13.3. The third-order valence-electron chi connectivity index (χ3n) is 5.33. The zero-order valence-corrected chi connectivity index (χ0v) is 20.5. The molecule has 8 heteroatoms. The summed E-state index contributed by atoms with van der Waals surface area (Å²) in [5.41, 5.74) is 0.875. The summed E-state index contributed by atoms with van der Waals surface area (Å²) in [6.45, 7) is 10.9. The average molecular weight is 534 g/mol. The molecule has 1 aliphatic carbocycles. The van der Waals surface area contributed by atoms with Gasteiger partial charge in [0.2, 0.25) is 0 Å². The summed E-state index contributed by atoms with van der Waals surface area (Å²) in [6, 6.07) is 5.16. The molecule has 1 saturated heterocycles. The van der Waals surface area contributed by atoms with Crippen LogP contribution < -0.4 is 15.4 Å². The first-order chi connectivity index (χ1) is 14.2. The lowest BCUT2D eigenvalue weighted by atomic mass is 10.1. The lowest BCUT2D eigenvalue weighted by Gasteiger charge is -2.26. The molecule has 1 saturated carbocycles. The van der Waals surface area contributed by atoms with E-state index in [1.54, 1.807) is 12.1 Å². The van der Waals surface area contributed by atoms with Gasteiger partial charge in [0.15, 0.2) is 17.5 Å². The minimum Gasteiger partial charge on any atom is -0.490 e. The van der Waals surface area contributed by atoms with Crippen LogP contribution in [0.4, 0.5) is 4.39 Å². The third kappa shape index (κ3) is 8.55. The molecular formula is C22H36FIN4O2. The minimum absolute atomic E-state index is 0. The molecule has 2 fully saturated rings. The SMILES string of the molecule is CCNC(=NCCCN1CCOCC1)NC(C)c1ccc(OCC2CC2)c(F)c1.I. The highest BCUT2D eigenvalue weighted by atomic mass is 127. The van der Waals surface area contributed by atoms with Crippen molar-refractivity contribution in [1.82, 2.24) is 15.5 Å². The number of benzene rings is 1. The molecule has 0 bridgehead atoms. The maximum Gasteiger partial charge on any atom is 0.191 e. The summed E-state index contributed by atoms with van der Waals surface area (Å²) < 4.78 is 25.3. The van der Waals surface area contributed by atoms with Crippen molar-refractivity contribution in [3.05, 3.63) is 29.6 Å². The predicted molar refractivity (Wildman–Crippen MR) is 129 cm³/mol. The Morgan fingerprint density at radius 2 is 2.10 bits per heavy atom. The molecule has 1 unspecified atom stereocenters. The number of rotatable bonds is 10. The van der Waals surface area contributed by atoms with Crippen LogP contribution in [0.3, 0.4) is 0 Å². The molecule has 1 aliphatic heterocycles. The first kappa shape index (κ1) is 25.1. The first-order valence-electron chi connectivity index (χ1n) is 10.9. The van der Waals surface area contributed by atoms with Crippen molar-refractivity contribution < 1.29 is 13.9 Å². The van der Waals surface area contributed by atoms with E-state index < -0.39 is 0 Å². The molecule has 30 heavy (non-hydrogen) atoms. The van der Waals surface area contributed by atoms with E-state index in [4.69, 9.17) is 9.47 Å². The Kier molecular flexibility index (Phi) is 11.2. The molecule has 0 spiro atoms. The molecule has 2 aliphatic rings. The number of aliphatic imine (C=N–C) groups is 1. The number of hydrogen-bond donors (Lipinski definition) is 2. The van der Waals surface area contributed by atoms with Crippen LogP contribution in [-0.2, 0) is 4.74 Å². The van der Waals surface area contributed by atoms with Gasteiger partial charge in [-0.2, -0.15) is 0 Å². The van der Waals surface area contributed by atoms with Crippen molar-refractivity contribution in [2.24, 2.45) is 10.9 Å². The van der Waals surface area contributed by atoms with Crippen LogP contribution in [-0.4, -0.2) is 63.4 Å². The summed E-state index contributed by atoms with van der Waals surface area (Å²) in [4.78, 5) is 7.09. The van der Waals surface area contributed by atoms with Crippen LogP contribution in [0.15, 0.2) is 23.2 Å². The molecule has 0 amide bonds. The number of ether oxygens (including phenoxy) is 2. The lowest BCUT2D eigenvalue weighted by molar-refractivity contribution is 0.0377. The number of guanidine groups is 1. The van der Waals surface area contributed by atoms with E-state index in [1.165, 1.54) is 12.8 Å². The van der Waals surface area contributed by atoms with Crippen LogP contribution in [0.2, 0.25) is 0 Å². The molecule has 3 rings (SSSR count). The molecule has 1 atom stereocenters. The van der Waals surface area contributed by atoms with Crippen molar-refractivity contribution in [2.45, 2.75) is 39.2 Å². The number of nitrogens with zero attached hydrogens (tertiary/aromatic N) is 2. The molecule has 1 aromatic carbocycles. The summed E-state index contributed by atoms with van der Waals surface area (Å²) in [7, 11) is 0. The van der Waals surface area contributed by atoms with Crippen molar-refractivity contribution in [3.63, 3.8) is 0 Å². The summed E-state index contributed by atoms with van der Waals surface area (Å²) in [5, 5.41) is 6.65. The van der Waals surface area contributed by atoms with Gasteiger partial charge in [0.05, 0.1) is 25.9 Å². The Hall–Kier alpha value is -1.13. The average Bonchev–Trinajstić information content (AvgIpc) is 3.55. The predicted octanol–water partition coefficient (Wildman–Crippen LogP) is 3.57. The number of nitrogens with one attached hydrogen (secondary N) is 2. The fourth-order valence-corrected chi connectivity index (χ4v) is 3.31.